The van der Waals surface area contributed by atoms with Gasteiger partial charge in [0.05, 0.1) is 21.7 Å². The van der Waals surface area contributed by atoms with Crippen molar-refractivity contribution in [3.63, 3.8) is 0 Å². The summed E-state index contributed by atoms with van der Waals surface area (Å²) >= 11 is 5.71. The summed E-state index contributed by atoms with van der Waals surface area (Å²) in [6.07, 6.45) is 1.60. The van der Waals surface area contributed by atoms with E-state index in [9.17, 15) is 19.7 Å². The number of fused-ring (bicyclic) bond motifs is 1. The highest BCUT2D eigenvalue weighted by atomic mass is 79.9. The Morgan fingerprint density at radius 3 is 2.93 bits per heavy atom. The van der Waals surface area contributed by atoms with Crippen LogP contribution in [0.25, 0.3) is 10.2 Å². The number of nitrogens with one attached hydrogen (secondary N) is 1. The molecule has 3 aromatic rings. The zero-order chi connectivity index (χ0) is 20.3. The summed E-state index contributed by atoms with van der Waals surface area (Å²) in [4.78, 5) is 40.2. The smallest absolute Gasteiger partial charge is 0.270 e. The fourth-order valence-corrected chi connectivity index (χ4v) is 4.45. The Bertz CT molecular complexity index is 1140. The molecule has 3 rings (SSSR count). The first-order valence-electron chi connectivity index (χ1n) is 7.86. The van der Waals surface area contributed by atoms with E-state index in [2.05, 4.69) is 32.8 Å². The molecule has 11 heteroatoms. The number of carbonyl (C=O) groups is 1. The van der Waals surface area contributed by atoms with E-state index in [4.69, 9.17) is 0 Å². The fourth-order valence-electron chi connectivity index (χ4n) is 2.37. The molecule has 0 saturated heterocycles. The number of amides is 1. The highest BCUT2D eigenvalue weighted by Crippen LogP contribution is 2.27. The molecule has 8 nitrogen and oxygen atoms in total. The number of thioether (sulfide) groups is 1. The average Bonchev–Trinajstić information content (AvgIpc) is 3.13. The first-order valence-corrected chi connectivity index (χ1v) is 10.5. The Balaban J connectivity index is 1.76. The monoisotopic (exact) mass is 480 g/mol. The van der Waals surface area contributed by atoms with Crippen molar-refractivity contribution in [3.05, 3.63) is 67.2 Å². The third-order valence-electron chi connectivity index (χ3n) is 3.63. The standard InChI is InChI=1S/C17H13BrN4O4S2/c1-2-6-21-16(24)11-5-7-27-15(11)20-17(21)28-9-14(23)19-13-4-3-10(22(25)26)8-12(13)18/h2-5,7-8H,1,6,9H2,(H,19,23). The minimum Gasteiger partial charge on any atom is -0.324 e. The number of nitrogens with zero attached hydrogens (tertiary/aromatic N) is 3. The lowest BCUT2D eigenvalue weighted by molar-refractivity contribution is -0.384. The second kappa shape index (κ2) is 8.67. The van der Waals surface area contributed by atoms with Gasteiger partial charge >= 0.3 is 0 Å². The Hall–Kier alpha value is -2.50. The minimum atomic E-state index is -0.516. The molecular weight excluding hydrogens is 468 g/mol. The average molecular weight is 481 g/mol. The Labute approximate surface area is 175 Å². The van der Waals surface area contributed by atoms with Crippen molar-refractivity contribution in [3.8, 4) is 0 Å². The van der Waals surface area contributed by atoms with Gasteiger partial charge in [0.15, 0.2) is 5.16 Å². The van der Waals surface area contributed by atoms with Crippen molar-refractivity contribution in [1.29, 1.82) is 0 Å². The van der Waals surface area contributed by atoms with Crippen LogP contribution < -0.4 is 10.9 Å². The predicted octanol–water partition coefficient (Wildman–Crippen LogP) is 4.05. The van der Waals surface area contributed by atoms with Crippen molar-refractivity contribution in [2.24, 2.45) is 0 Å². The predicted molar refractivity (Wildman–Crippen MR) is 114 cm³/mol. The van der Waals surface area contributed by atoms with E-state index in [-0.39, 0.29) is 29.5 Å². The molecule has 28 heavy (non-hydrogen) atoms. The lowest BCUT2D eigenvalue weighted by Crippen LogP contribution is -2.23. The lowest BCUT2D eigenvalue weighted by Gasteiger charge is -2.10. The molecule has 0 saturated carbocycles. The molecule has 0 aliphatic rings. The molecule has 0 atom stereocenters. The van der Waals surface area contributed by atoms with E-state index in [1.54, 1.807) is 17.5 Å². The molecule has 0 spiro atoms. The number of benzene rings is 1. The number of hydrogen-bond acceptors (Lipinski definition) is 7. The molecule has 0 fully saturated rings. The van der Waals surface area contributed by atoms with Gasteiger partial charge in [-0.3, -0.25) is 24.3 Å². The third kappa shape index (κ3) is 4.32. The van der Waals surface area contributed by atoms with Gasteiger partial charge in [-0.15, -0.1) is 17.9 Å². The number of allylic oxidation sites excluding steroid dienone is 1. The largest absolute Gasteiger partial charge is 0.324 e. The lowest BCUT2D eigenvalue weighted by atomic mass is 10.3. The number of non-ortho nitro benzene ring substituents is 1. The molecule has 0 aliphatic carbocycles. The minimum absolute atomic E-state index is 0.0178. The van der Waals surface area contributed by atoms with Gasteiger partial charge in [-0.25, -0.2) is 4.98 Å². The fraction of sp³-hybridized carbons (Fsp3) is 0.118. The van der Waals surface area contributed by atoms with Gasteiger partial charge in [-0.2, -0.15) is 0 Å². The van der Waals surface area contributed by atoms with E-state index in [0.717, 1.165) is 11.8 Å². The summed E-state index contributed by atoms with van der Waals surface area (Å²) in [6, 6.07) is 5.80. The number of carbonyl (C=O) groups excluding carboxylic acids is 1. The summed E-state index contributed by atoms with van der Waals surface area (Å²) in [7, 11) is 0. The van der Waals surface area contributed by atoms with Crippen molar-refractivity contribution < 1.29 is 9.72 Å². The third-order valence-corrected chi connectivity index (χ3v) is 6.07. The maximum Gasteiger partial charge on any atom is 0.270 e. The van der Waals surface area contributed by atoms with E-state index >= 15 is 0 Å². The second-order valence-corrected chi connectivity index (χ2v) is 8.19. The van der Waals surface area contributed by atoms with Gasteiger partial charge in [0.2, 0.25) is 5.91 Å². The number of hydrogen-bond donors (Lipinski definition) is 1. The van der Waals surface area contributed by atoms with Crippen LogP contribution in [0, 0.1) is 10.1 Å². The van der Waals surface area contributed by atoms with Crippen molar-refractivity contribution >= 4 is 66.5 Å². The van der Waals surface area contributed by atoms with Gasteiger partial charge in [-0.05, 0) is 33.4 Å². The maximum atomic E-state index is 12.6. The van der Waals surface area contributed by atoms with Gasteiger partial charge in [0.25, 0.3) is 11.2 Å². The van der Waals surface area contributed by atoms with Crippen LogP contribution in [-0.2, 0) is 11.3 Å². The molecule has 0 aliphatic heterocycles. The Morgan fingerprint density at radius 1 is 1.46 bits per heavy atom. The molecule has 0 bridgehead atoms. The van der Waals surface area contributed by atoms with Crippen LogP contribution in [0.1, 0.15) is 0 Å². The van der Waals surface area contributed by atoms with Gasteiger partial charge < -0.3 is 5.32 Å². The number of aromatic nitrogens is 2. The topological polar surface area (TPSA) is 107 Å². The number of nitro benzene ring substituents is 1. The molecule has 1 N–H and O–H groups in total. The molecule has 144 valence electrons. The summed E-state index contributed by atoms with van der Waals surface area (Å²) in [5, 5.41) is 16.2. The molecule has 1 aromatic carbocycles. The summed E-state index contributed by atoms with van der Waals surface area (Å²) in [6.45, 7) is 3.95. The van der Waals surface area contributed by atoms with Crippen LogP contribution in [0.5, 0.6) is 0 Å². The Morgan fingerprint density at radius 2 is 2.25 bits per heavy atom. The molecular formula is C17H13BrN4O4S2. The van der Waals surface area contributed by atoms with Crippen LogP contribution >= 0.6 is 39.0 Å². The van der Waals surface area contributed by atoms with E-state index in [1.165, 1.54) is 34.1 Å². The van der Waals surface area contributed by atoms with Crippen LogP contribution in [0.15, 0.2) is 56.7 Å². The Kier molecular flexibility index (Phi) is 6.27. The number of rotatable bonds is 7. The number of halogens is 1. The molecule has 2 aromatic heterocycles. The highest BCUT2D eigenvalue weighted by Gasteiger charge is 2.15. The van der Waals surface area contributed by atoms with E-state index < -0.39 is 4.92 Å². The zero-order valence-corrected chi connectivity index (χ0v) is 17.5. The van der Waals surface area contributed by atoms with Crippen molar-refractivity contribution in [2.75, 3.05) is 11.1 Å². The van der Waals surface area contributed by atoms with Gasteiger partial charge in [0, 0.05) is 23.2 Å². The van der Waals surface area contributed by atoms with E-state index in [1.807, 2.05) is 0 Å². The molecule has 2 heterocycles. The van der Waals surface area contributed by atoms with Crippen molar-refractivity contribution in [2.45, 2.75) is 11.7 Å². The molecule has 0 unspecified atom stereocenters. The maximum absolute atomic E-state index is 12.6. The number of thiophene rings is 1. The second-order valence-electron chi connectivity index (χ2n) is 5.50. The zero-order valence-electron chi connectivity index (χ0n) is 14.3. The SMILES string of the molecule is C=CCn1c(SCC(=O)Nc2ccc([N+](=O)[O-])cc2Br)nc2sccc2c1=O. The van der Waals surface area contributed by atoms with Gasteiger partial charge in [0.1, 0.15) is 4.83 Å². The summed E-state index contributed by atoms with van der Waals surface area (Å²) in [5.41, 5.74) is 0.162. The number of nitro groups is 1. The normalized spacial score (nSPS) is 10.8. The summed E-state index contributed by atoms with van der Waals surface area (Å²) in [5.74, 6) is -0.311. The quantitative estimate of drug-likeness (QED) is 0.179. The molecule has 1 amide bonds. The van der Waals surface area contributed by atoms with Gasteiger partial charge in [-0.1, -0.05) is 17.8 Å². The first kappa shape index (κ1) is 20.2. The first-order chi connectivity index (χ1) is 13.4. The van der Waals surface area contributed by atoms with Crippen LogP contribution in [0.3, 0.4) is 0 Å². The summed E-state index contributed by atoms with van der Waals surface area (Å²) < 4.78 is 1.88. The van der Waals surface area contributed by atoms with Crippen LogP contribution in [0.4, 0.5) is 11.4 Å². The van der Waals surface area contributed by atoms with Crippen molar-refractivity contribution in [1.82, 2.24) is 9.55 Å². The van der Waals surface area contributed by atoms with Crippen LogP contribution in [-0.4, -0.2) is 26.1 Å². The van der Waals surface area contributed by atoms with Crippen LogP contribution in [0.2, 0.25) is 0 Å². The highest BCUT2D eigenvalue weighted by molar-refractivity contribution is 9.10. The van der Waals surface area contributed by atoms with E-state index in [0.29, 0.717) is 25.5 Å². The number of anilines is 1. The molecule has 0 radical (unpaired) electrons.